The lowest BCUT2D eigenvalue weighted by atomic mass is 9.98. The first-order valence-corrected chi connectivity index (χ1v) is 14.3. The smallest absolute Gasteiger partial charge is 0.253 e. The highest BCUT2D eigenvalue weighted by molar-refractivity contribution is 5.80. The standard InChI is InChI=1S/C31H40N6O3/c1-6-21-13-14-27-23(16-21)18-26(30(38)32-27)28(29-33-34-35-37(29)31(3,4)7-2)36(20-25-12-9-15-40-25)19-22-10-8-11-24(17-22)39-5/h8,10-11,13-14,16-18,25,28H,6-7,9,12,15,19-20H2,1-5H3,(H,32,38)/t25-,28-/m0/s1. The van der Waals surface area contributed by atoms with Crippen molar-refractivity contribution in [1.82, 2.24) is 30.1 Å². The van der Waals surface area contributed by atoms with E-state index in [4.69, 9.17) is 9.47 Å². The molecule has 0 bridgehead atoms. The van der Waals surface area contributed by atoms with Crippen LogP contribution in [0.1, 0.15) is 75.5 Å². The molecule has 40 heavy (non-hydrogen) atoms. The molecule has 9 nitrogen and oxygen atoms in total. The van der Waals surface area contributed by atoms with Crippen molar-refractivity contribution < 1.29 is 9.47 Å². The second-order valence-electron chi connectivity index (χ2n) is 11.3. The highest BCUT2D eigenvalue weighted by atomic mass is 16.5. The maximum atomic E-state index is 13.8. The first kappa shape index (κ1) is 28.0. The number of nitrogens with one attached hydrogen (secondary N) is 1. The Bertz CT molecular complexity index is 1500. The minimum Gasteiger partial charge on any atom is -0.497 e. The number of pyridine rings is 1. The quantitative estimate of drug-likeness (QED) is 0.284. The zero-order valence-corrected chi connectivity index (χ0v) is 24.2. The molecule has 1 aliphatic rings. The molecule has 0 radical (unpaired) electrons. The Morgan fingerprint density at radius 2 is 2.02 bits per heavy atom. The number of nitrogens with zero attached hydrogens (tertiary/aromatic N) is 5. The third-order valence-corrected chi connectivity index (χ3v) is 8.16. The van der Waals surface area contributed by atoms with Gasteiger partial charge in [-0.25, -0.2) is 4.68 Å². The lowest BCUT2D eigenvalue weighted by Gasteiger charge is -2.34. The summed E-state index contributed by atoms with van der Waals surface area (Å²) in [6, 6.07) is 15.8. The number of methoxy groups -OCH3 is 1. The molecule has 0 spiro atoms. The van der Waals surface area contributed by atoms with Crippen molar-refractivity contribution in [2.75, 3.05) is 20.3 Å². The van der Waals surface area contributed by atoms with Crippen molar-refractivity contribution in [2.45, 2.75) is 77.6 Å². The molecule has 5 rings (SSSR count). The molecular formula is C31H40N6O3. The minimum absolute atomic E-state index is 0.0582. The minimum atomic E-state index is -0.505. The van der Waals surface area contributed by atoms with E-state index in [0.29, 0.717) is 24.5 Å². The van der Waals surface area contributed by atoms with Crippen LogP contribution in [0.25, 0.3) is 10.9 Å². The molecule has 0 unspecified atom stereocenters. The van der Waals surface area contributed by atoms with Crippen LogP contribution in [0.5, 0.6) is 5.75 Å². The van der Waals surface area contributed by atoms with Gasteiger partial charge in [0.05, 0.1) is 18.8 Å². The maximum absolute atomic E-state index is 13.8. The van der Waals surface area contributed by atoms with E-state index in [2.05, 4.69) is 71.3 Å². The van der Waals surface area contributed by atoms with Gasteiger partial charge in [-0.05, 0) is 96.8 Å². The second-order valence-corrected chi connectivity index (χ2v) is 11.3. The molecule has 3 heterocycles. The van der Waals surface area contributed by atoms with Crippen LogP contribution in [0.15, 0.2) is 53.3 Å². The molecule has 0 saturated carbocycles. The monoisotopic (exact) mass is 544 g/mol. The largest absolute Gasteiger partial charge is 0.497 e. The summed E-state index contributed by atoms with van der Waals surface area (Å²) in [6.45, 7) is 10.4. The summed E-state index contributed by atoms with van der Waals surface area (Å²) >= 11 is 0. The van der Waals surface area contributed by atoms with E-state index in [1.54, 1.807) is 7.11 Å². The molecule has 1 fully saturated rings. The highest BCUT2D eigenvalue weighted by Crippen LogP contribution is 2.33. The third kappa shape index (κ3) is 5.81. The van der Waals surface area contributed by atoms with E-state index in [1.165, 1.54) is 5.56 Å². The fourth-order valence-corrected chi connectivity index (χ4v) is 5.46. The highest BCUT2D eigenvalue weighted by Gasteiger charge is 2.36. The summed E-state index contributed by atoms with van der Waals surface area (Å²) in [5, 5.41) is 14.1. The van der Waals surface area contributed by atoms with Crippen LogP contribution in [0.4, 0.5) is 0 Å². The van der Waals surface area contributed by atoms with Gasteiger partial charge in [0.1, 0.15) is 11.8 Å². The van der Waals surface area contributed by atoms with Crippen LogP contribution in [-0.2, 0) is 23.2 Å². The summed E-state index contributed by atoms with van der Waals surface area (Å²) in [5.41, 5.74) is 3.23. The van der Waals surface area contributed by atoms with Crippen molar-refractivity contribution in [2.24, 2.45) is 0 Å². The Labute approximate surface area is 235 Å². The van der Waals surface area contributed by atoms with Crippen LogP contribution >= 0.6 is 0 Å². The van der Waals surface area contributed by atoms with Gasteiger partial charge in [0.25, 0.3) is 5.56 Å². The van der Waals surface area contributed by atoms with Gasteiger partial charge in [-0.15, -0.1) is 5.10 Å². The van der Waals surface area contributed by atoms with Crippen LogP contribution in [0.3, 0.4) is 0 Å². The number of aromatic nitrogens is 5. The summed E-state index contributed by atoms with van der Waals surface area (Å²) in [6.07, 6.45) is 3.80. The SMILES string of the molecule is CCc1ccc2[nH]c(=O)c([C@@H](c3nnnn3C(C)(C)CC)N(Cc3cccc(OC)c3)C[C@@H]3CCCO3)cc2c1. The van der Waals surface area contributed by atoms with Crippen LogP contribution in [0.2, 0.25) is 0 Å². The summed E-state index contributed by atoms with van der Waals surface area (Å²) < 4.78 is 13.5. The van der Waals surface area contributed by atoms with Crippen molar-refractivity contribution >= 4 is 10.9 Å². The first-order chi connectivity index (χ1) is 19.3. The predicted molar refractivity (Wildman–Crippen MR) is 156 cm³/mol. The molecule has 2 atom stereocenters. The van der Waals surface area contributed by atoms with E-state index in [-0.39, 0.29) is 17.2 Å². The number of rotatable bonds is 11. The maximum Gasteiger partial charge on any atom is 0.253 e. The molecule has 1 N–H and O–H groups in total. The van der Waals surface area contributed by atoms with E-state index < -0.39 is 6.04 Å². The number of ether oxygens (including phenoxy) is 2. The molecule has 212 valence electrons. The molecule has 0 aliphatic carbocycles. The number of H-pyrrole nitrogens is 1. The Morgan fingerprint density at radius 1 is 1.18 bits per heavy atom. The molecule has 2 aromatic carbocycles. The van der Waals surface area contributed by atoms with Gasteiger partial charge in [0.15, 0.2) is 5.82 Å². The number of aryl methyl sites for hydroxylation is 1. The molecule has 4 aromatic rings. The number of hydrogen-bond acceptors (Lipinski definition) is 7. The van der Waals surface area contributed by atoms with E-state index in [1.807, 2.05) is 35.0 Å². The van der Waals surface area contributed by atoms with Crippen LogP contribution < -0.4 is 10.3 Å². The Morgan fingerprint density at radius 3 is 2.75 bits per heavy atom. The fraction of sp³-hybridized carbons (Fsp3) is 0.484. The van der Waals surface area contributed by atoms with Crippen molar-refractivity contribution in [3.63, 3.8) is 0 Å². The predicted octanol–water partition coefficient (Wildman–Crippen LogP) is 5.00. The number of tetrazole rings is 1. The average Bonchev–Trinajstić information content (AvgIpc) is 3.66. The fourth-order valence-electron chi connectivity index (χ4n) is 5.46. The Balaban J connectivity index is 1.71. The molecule has 1 aliphatic heterocycles. The summed E-state index contributed by atoms with van der Waals surface area (Å²) in [5.74, 6) is 1.43. The van der Waals surface area contributed by atoms with Gasteiger partial charge >= 0.3 is 0 Å². The summed E-state index contributed by atoms with van der Waals surface area (Å²) in [7, 11) is 1.67. The topological polar surface area (TPSA) is 98.2 Å². The van der Waals surface area contributed by atoms with Gasteiger partial charge in [-0.3, -0.25) is 9.69 Å². The van der Waals surface area contributed by atoms with Gasteiger partial charge in [-0.2, -0.15) is 0 Å². The number of aromatic amines is 1. The number of hydrogen-bond donors (Lipinski definition) is 1. The first-order valence-electron chi connectivity index (χ1n) is 14.3. The Kier molecular flexibility index (Phi) is 8.32. The molecule has 9 heteroatoms. The van der Waals surface area contributed by atoms with E-state index >= 15 is 0 Å². The van der Waals surface area contributed by atoms with Gasteiger partial charge in [0.2, 0.25) is 0 Å². The van der Waals surface area contributed by atoms with E-state index in [0.717, 1.165) is 54.5 Å². The Hall–Kier alpha value is -3.56. The molecule has 0 amide bonds. The third-order valence-electron chi connectivity index (χ3n) is 8.16. The van der Waals surface area contributed by atoms with Crippen LogP contribution in [-0.4, -0.2) is 56.5 Å². The van der Waals surface area contributed by atoms with Gasteiger partial charge in [-0.1, -0.05) is 32.0 Å². The second kappa shape index (κ2) is 11.9. The zero-order chi connectivity index (χ0) is 28.3. The average molecular weight is 545 g/mol. The summed E-state index contributed by atoms with van der Waals surface area (Å²) in [4.78, 5) is 19.3. The molecular weight excluding hydrogens is 504 g/mol. The molecule has 2 aromatic heterocycles. The van der Waals surface area contributed by atoms with Crippen LogP contribution in [0, 0.1) is 0 Å². The zero-order valence-electron chi connectivity index (χ0n) is 24.2. The number of benzene rings is 2. The normalized spacial score (nSPS) is 16.6. The van der Waals surface area contributed by atoms with Crippen molar-refractivity contribution in [3.05, 3.63) is 81.4 Å². The van der Waals surface area contributed by atoms with Gasteiger partial charge < -0.3 is 14.5 Å². The van der Waals surface area contributed by atoms with Gasteiger partial charge in [0, 0.05) is 30.8 Å². The van der Waals surface area contributed by atoms with E-state index in [9.17, 15) is 4.79 Å². The lowest BCUT2D eigenvalue weighted by Crippen LogP contribution is -2.41. The molecule has 1 saturated heterocycles. The number of fused-ring (bicyclic) bond motifs is 1. The van der Waals surface area contributed by atoms with Crippen molar-refractivity contribution in [3.8, 4) is 5.75 Å². The van der Waals surface area contributed by atoms with Crippen molar-refractivity contribution in [1.29, 1.82) is 0 Å². The lowest BCUT2D eigenvalue weighted by molar-refractivity contribution is 0.0562.